The number of aliphatic hydroxyl groups is 1. The van der Waals surface area contributed by atoms with Crippen molar-refractivity contribution in [2.45, 2.75) is 40.0 Å². The van der Waals surface area contributed by atoms with Crippen LogP contribution in [0.5, 0.6) is 0 Å². The van der Waals surface area contributed by atoms with Crippen molar-refractivity contribution >= 4 is 28.9 Å². The van der Waals surface area contributed by atoms with E-state index in [1.807, 2.05) is 50.2 Å². The number of pyridine rings is 1. The minimum Gasteiger partial charge on any atom is -0.395 e. The first-order chi connectivity index (χ1) is 20.6. The van der Waals surface area contributed by atoms with Gasteiger partial charge in [-0.25, -0.2) is 15.0 Å². The largest absolute Gasteiger partial charge is 0.395 e. The summed E-state index contributed by atoms with van der Waals surface area (Å²) in [6.07, 6.45) is 4.90. The van der Waals surface area contributed by atoms with Crippen LogP contribution in [0.3, 0.4) is 0 Å². The number of hydrogen-bond donors (Lipinski definition) is 4. The van der Waals surface area contributed by atoms with Gasteiger partial charge in [0.2, 0.25) is 0 Å². The van der Waals surface area contributed by atoms with E-state index in [0.717, 1.165) is 54.5 Å². The zero-order chi connectivity index (χ0) is 30.6. The SMILES string of the molecule is Cc1cc(Nc2cc(NC(=O)c3cncc(C(C)(C)C)c3)ccc2C)n(-c2cc(NN3CCN(CCO)CC3)ncn2)n1. The van der Waals surface area contributed by atoms with Gasteiger partial charge in [-0.05, 0) is 48.6 Å². The summed E-state index contributed by atoms with van der Waals surface area (Å²) in [5, 5.41) is 22.5. The number of aliphatic hydroxyl groups excluding tert-OH is 1. The molecule has 0 atom stereocenters. The second kappa shape index (κ2) is 12.9. The van der Waals surface area contributed by atoms with E-state index >= 15 is 0 Å². The first kappa shape index (κ1) is 30.1. The normalized spacial score (nSPS) is 14.5. The van der Waals surface area contributed by atoms with Crippen LogP contribution in [0.25, 0.3) is 5.82 Å². The van der Waals surface area contributed by atoms with Crippen LogP contribution >= 0.6 is 0 Å². The first-order valence-electron chi connectivity index (χ1n) is 14.5. The Hall–Kier alpha value is -4.39. The van der Waals surface area contributed by atoms with Crippen molar-refractivity contribution < 1.29 is 9.90 Å². The highest BCUT2D eigenvalue weighted by Crippen LogP contribution is 2.27. The molecule has 4 heterocycles. The summed E-state index contributed by atoms with van der Waals surface area (Å²) in [7, 11) is 0. The molecule has 1 amide bonds. The Kier molecular flexibility index (Phi) is 9.00. The van der Waals surface area contributed by atoms with Crippen LogP contribution in [-0.2, 0) is 5.41 Å². The molecular weight excluding hydrogens is 544 g/mol. The van der Waals surface area contributed by atoms with Gasteiger partial charge in [0.25, 0.3) is 5.91 Å². The molecule has 4 N–H and O–H groups in total. The number of nitrogens with zero attached hydrogens (tertiary/aromatic N) is 7. The molecule has 1 aliphatic rings. The molecule has 0 bridgehead atoms. The lowest BCUT2D eigenvalue weighted by molar-refractivity contribution is 0.102. The van der Waals surface area contributed by atoms with Crippen molar-refractivity contribution in [2.24, 2.45) is 0 Å². The quantitative estimate of drug-likeness (QED) is 0.229. The topological polar surface area (TPSA) is 136 Å². The van der Waals surface area contributed by atoms with E-state index in [2.05, 4.69) is 66.8 Å². The number of β-amino-alcohol motifs (C(OH)–C–C–N with tert-alkyl or cyclic N) is 1. The lowest BCUT2D eigenvalue weighted by Gasteiger charge is -2.34. The summed E-state index contributed by atoms with van der Waals surface area (Å²) in [6.45, 7) is 14.5. The standard InChI is InChI=1S/C31H40N10O2/c1-21-6-7-25(35-30(43)23-15-24(19-32-18-23)31(3,4)5)16-26(21)36-29-14-22(2)37-41(29)28-17-27(33-20-34-28)38-40-10-8-39(9-11-40)12-13-42/h6-7,14-20,36,42H,8-13H2,1-5H3,(H,35,43)(H,33,34,38). The van der Waals surface area contributed by atoms with Gasteiger partial charge in [0.05, 0.1) is 17.9 Å². The van der Waals surface area contributed by atoms with Crippen molar-refractivity contribution in [3.05, 3.63) is 77.5 Å². The number of amides is 1. The molecule has 1 fully saturated rings. The number of hydrazine groups is 1. The molecule has 12 nitrogen and oxygen atoms in total. The maximum Gasteiger partial charge on any atom is 0.257 e. The van der Waals surface area contributed by atoms with Gasteiger partial charge in [-0.1, -0.05) is 26.8 Å². The number of aromatic nitrogens is 5. The van der Waals surface area contributed by atoms with Gasteiger partial charge >= 0.3 is 0 Å². The van der Waals surface area contributed by atoms with Crippen LogP contribution in [0.1, 0.15) is 48.0 Å². The van der Waals surface area contributed by atoms with Gasteiger partial charge in [0.1, 0.15) is 18.0 Å². The van der Waals surface area contributed by atoms with E-state index in [9.17, 15) is 9.90 Å². The Balaban J connectivity index is 1.31. The third-order valence-electron chi connectivity index (χ3n) is 7.39. The molecule has 12 heteroatoms. The summed E-state index contributed by atoms with van der Waals surface area (Å²) in [6, 6.07) is 11.4. The maximum atomic E-state index is 13.1. The van der Waals surface area contributed by atoms with Crippen molar-refractivity contribution in [2.75, 3.05) is 55.4 Å². The van der Waals surface area contributed by atoms with Crippen molar-refractivity contribution in [1.29, 1.82) is 0 Å². The maximum absolute atomic E-state index is 13.1. The van der Waals surface area contributed by atoms with Gasteiger partial charge in [-0.3, -0.25) is 14.7 Å². The molecule has 1 aromatic carbocycles. The molecular formula is C31H40N10O2. The van der Waals surface area contributed by atoms with Crippen LogP contribution in [0.2, 0.25) is 0 Å². The molecule has 0 unspecified atom stereocenters. The predicted molar refractivity (Wildman–Crippen MR) is 168 cm³/mol. The molecule has 0 saturated carbocycles. The highest BCUT2D eigenvalue weighted by Gasteiger charge is 2.19. The number of nitrogens with one attached hydrogen (secondary N) is 3. The van der Waals surface area contributed by atoms with E-state index in [0.29, 0.717) is 29.4 Å². The van der Waals surface area contributed by atoms with Gasteiger partial charge in [-0.15, -0.1) is 0 Å². The molecule has 1 aliphatic heterocycles. The van der Waals surface area contributed by atoms with E-state index < -0.39 is 0 Å². The highest BCUT2D eigenvalue weighted by molar-refractivity contribution is 6.04. The predicted octanol–water partition coefficient (Wildman–Crippen LogP) is 3.90. The summed E-state index contributed by atoms with van der Waals surface area (Å²) in [5.41, 5.74) is 8.09. The van der Waals surface area contributed by atoms with Gasteiger partial charge < -0.3 is 21.2 Å². The fourth-order valence-corrected chi connectivity index (χ4v) is 4.82. The molecule has 1 saturated heterocycles. The van der Waals surface area contributed by atoms with E-state index in [1.54, 1.807) is 17.1 Å². The Morgan fingerprint density at radius 3 is 2.53 bits per heavy atom. The fraction of sp³-hybridized carbons (Fsp3) is 0.387. The average molecular weight is 585 g/mol. The van der Waals surface area contributed by atoms with Crippen LogP contribution in [0.4, 0.5) is 23.0 Å². The van der Waals surface area contributed by atoms with Crippen LogP contribution < -0.4 is 16.1 Å². The number of aryl methyl sites for hydroxylation is 2. The van der Waals surface area contributed by atoms with Crippen molar-refractivity contribution in [3.8, 4) is 5.82 Å². The number of hydrogen-bond acceptors (Lipinski definition) is 10. The Bertz CT molecular complexity index is 1570. The zero-order valence-electron chi connectivity index (χ0n) is 25.4. The van der Waals surface area contributed by atoms with E-state index in [1.165, 1.54) is 6.33 Å². The van der Waals surface area contributed by atoms with Crippen molar-refractivity contribution in [3.63, 3.8) is 0 Å². The third-order valence-corrected chi connectivity index (χ3v) is 7.39. The van der Waals surface area contributed by atoms with Gasteiger partial charge in [0.15, 0.2) is 5.82 Å². The monoisotopic (exact) mass is 584 g/mol. The number of benzene rings is 1. The van der Waals surface area contributed by atoms with E-state index in [-0.39, 0.29) is 17.9 Å². The molecule has 4 aromatic rings. The molecule has 226 valence electrons. The first-order valence-corrected chi connectivity index (χ1v) is 14.5. The van der Waals surface area contributed by atoms with Crippen LogP contribution in [-0.4, -0.2) is 85.0 Å². The van der Waals surface area contributed by atoms with E-state index in [4.69, 9.17) is 0 Å². The van der Waals surface area contributed by atoms with Crippen LogP contribution in [0, 0.1) is 13.8 Å². The zero-order valence-corrected chi connectivity index (χ0v) is 25.4. The lowest BCUT2D eigenvalue weighted by atomic mass is 9.87. The second-order valence-electron chi connectivity index (χ2n) is 11.8. The third kappa shape index (κ3) is 7.53. The minimum absolute atomic E-state index is 0.109. The average Bonchev–Trinajstić information content (AvgIpc) is 3.35. The molecule has 0 aliphatic carbocycles. The molecule has 0 spiro atoms. The smallest absolute Gasteiger partial charge is 0.257 e. The second-order valence-corrected chi connectivity index (χ2v) is 11.8. The summed E-state index contributed by atoms with van der Waals surface area (Å²) in [4.78, 5) is 28.5. The lowest BCUT2D eigenvalue weighted by Crippen LogP contribution is -2.49. The minimum atomic E-state index is -0.217. The molecule has 3 aromatic heterocycles. The highest BCUT2D eigenvalue weighted by atomic mass is 16.3. The molecule has 43 heavy (non-hydrogen) atoms. The number of anilines is 4. The number of piperazine rings is 1. The number of carbonyl (C=O) groups excluding carboxylic acids is 1. The molecule has 0 radical (unpaired) electrons. The summed E-state index contributed by atoms with van der Waals surface area (Å²) < 4.78 is 1.75. The Labute approximate surface area is 252 Å². The van der Waals surface area contributed by atoms with Crippen LogP contribution in [0.15, 0.2) is 55.1 Å². The van der Waals surface area contributed by atoms with Crippen molar-refractivity contribution in [1.82, 2.24) is 34.6 Å². The molecule has 5 rings (SSSR count). The van der Waals surface area contributed by atoms with Gasteiger partial charge in [-0.2, -0.15) is 9.78 Å². The Morgan fingerprint density at radius 2 is 1.79 bits per heavy atom. The fourth-order valence-electron chi connectivity index (χ4n) is 4.82. The number of carbonyl (C=O) groups is 1. The number of rotatable bonds is 9. The Morgan fingerprint density at radius 1 is 1.00 bits per heavy atom. The summed E-state index contributed by atoms with van der Waals surface area (Å²) >= 11 is 0. The summed E-state index contributed by atoms with van der Waals surface area (Å²) in [5.74, 6) is 1.80. The van der Waals surface area contributed by atoms with Gasteiger partial charge in [0, 0.05) is 68.6 Å².